The lowest BCUT2D eigenvalue weighted by atomic mass is 10.1. The second kappa shape index (κ2) is 13.7. The highest BCUT2D eigenvalue weighted by atomic mass is 35.5. The molecule has 6 rings (SSSR count). The van der Waals surface area contributed by atoms with E-state index in [0.29, 0.717) is 31.9 Å². The van der Waals surface area contributed by atoms with Gasteiger partial charge >= 0.3 is 0 Å². The zero-order valence-corrected chi connectivity index (χ0v) is 26.5. The van der Waals surface area contributed by atoms with E-state index in [4.69, 9.17) is 26.1 Å². The first-order chi connectivity index (χ1) is 21.5. The number of nitrogens with one attached hydrogen (secondary N) is 1. The van der Waals surface area contributed by atoms with Crippen LogP contribution in [-0.2, 0) is 19.5 Å². The standard InChI is InChI=1S/C34H36ClN5O3S/c1-42-28-11-10-25(32(19-28)43-2)21-38(13-12-24-20-36-30-9-4-3-8-29(24)30)22-33-37-31(23-44-33)34(41)40-16-14-39(15-17-40)27-7-5-6-26(35)18-27/h3-11,18-20,23,36H,12-17,21-22H2,1-2H3. The molecule has 0 bridgehead atoms. The van der Waals surface area contributed by atoms with Crippen LogP contribution in [0.2, 0.25) is 5.02 Å². The van der Waals surface area contributed by atoms with E-state index in [-0.39, 0.29) is 5.91 Å². The number of thiazole rings is 1. The highest BCUT2D eigenvalue weighted by Crippen LogP contribution is 2.28. The molecule has 0 atom stereocenters. The van der Waals surface area contributed by atoms with Crippen molar-refractivity contribution in [3.63, 3.8) is 0 Å². The Bertz CT molecular complexity index is 1730. The van der Waals surface area contributed by atoms with Gasteiger partial charge in [-0.05, 0) is 42.3 Å². The number of hydrogen-bond donors (Lipinski definition) is 1. The number of H-pyrrole nitrogens is 1. The summed E-state index contributed by atoms with van der Waals surface area (Å²) < 4.78 is 11.1. The van der Waals surface area contributed by atoms with Gasteiger partial charge in [-0.2, -0.15) is 0 Å². The highest BCUT2D eigenvalue weighted by Gasteiger charge is 2.25. The number of fused-ring (bicyclic) bond motifs is 1. The number of benzene rings is 3. The molecule has 228 valence electrons. The summed E-state index contributed by atoms with van der Waals surface area (Å²) in [6, 6.07) is 22.2. The van der Waals surface area contributed by atoms with E-state index in [1.165, 1.54) is 22.3 Å². The van der Waals surface area contributed by atoms with Crippen molar-refractivity contribution in [3.8, 4) is 11.5 Å². The van der Waals surface area contributed by atoms with Crippen molar-refractivity contribution in [1.82, 2.24) is 19.8 Å². The summed E-state index contributed by atoms with van der Waals surface area (Å²) in [7, 11) is 3.34. The van der Waals surface area contributed by atoms with Gasteiger partial charge < -0.3 is 24.3 Å². The van der Waals surface area contributed by atoms with Gasteiger partial charge in [-0.25, -0.2) is 4.98 Å². The number of anilines is 1. The SMILES string of the molecule is COc1ccc(CN(CCc2c[nH]c3ccccc23)Cc2nc(C(=O)N3CCN(c4cccc(Cl)c4)CC3)cs2)c(OC)c1. The Morgan fingerprint density at radius 2 is 1.82 bits per heavy atom. The molecule has 0 saturated carbocycles. The van der Waals surface area contributed by atoms with E-state index in [9.17, 15) is 4.79 Å². The third-order valence-corrected chi connectivity index (χ3v) is 9.20. The number of aromatic nitrogens is 2. The number of rotatable bonds is 11. The number of ether oxygens (including phenoxy) is 2. The van der Waals surface area contributed by atoms with Crippen molar-refractivity contribution in [2.45, 2.75) is 19.5 Å². The molecule has 0 aliphatic carbocycles. The van der Waals surface area contributed by atoms with Crippen molar-refractivity contribution in [1.29, 1.82) is 0 Å². The van der Waals surface area contributed by atoms with Crippen LogP contribution in [0.3, 0.4) is 0 Å². The zero-order valence-electron chi connectivity index (χ0n) is 25.0. The third kappa shape index (κ3) is 6.85. The van der Waals surface area contributed by atoms with Crippen molar-refractivity contribution in [2.24, 2.45) is 0 Å². The number of para-hydroxylation sites is 1. The fraction of sp³-hybridized carbons (Fsp3) is 0.294. The van der Waals surface area contributed by atoms with Crippen LogP contribution in [0.5, 0.6) is 11.5 Å². The first-order valence-electron chi connectivity index (χ1n) is 14.7. The number of carbonyl (C=O) groups excluding carboxylic acids is 1. The minimum absolute atomic E-state index is 0.0135. The molecule has 44 heavy (non-hydrogen) atoms. The maximum atomic E-state index is 13.4. The Morgan fingerprint density at radius 3 is 2.61 bits per heavy atom. The maximum Gasteiger partial charge on any atom is 0.273 e. The molecule has 1 aliphatic heterocycles. The smallest absolute Gasteiger partial charge is 0.273 e. The number of halogens is 1. The molecular formula is C34H36ClN5O3S. The second-order valence-corrected chi connectivity index (χ2v) is 12.3. The predicted octanol–water partition coefficient (Wildman–Crippen LogP) is 6.50. The van der Waals surface area contributed by atoms with Crippen LogP contribution in [0.1, 0.15) is 26.6 Å². The van der Waals surface area contributed by atoms with Crippen molar-refractivity contribution in [3.05, 3.63) is 105 Å². The van der Waals surface area contributed by atoms with Crippen molar-refractivity contribution >= 4 is 45.4 Å². The van der Waals surface area contributed by atoms with Gasteiger partial charge in [-0.15, -0.1) is 11.3 Å². The highest BCUT2D eigenvalue weighted by molar-refractivity contribution is 7.09. The lowest BCUT2D eigenvalue weighted by Crippen LogP contribution is -2.48. The molecule has 5 aromatic rings. The van der Waals surface area contributed by atoms with E-state index >= 15 is 0 Å². The summed E-state index contributed by atoms with van der Waals surface area (Å²) in [5.41, 5.74) is 5.08. The van der Waals surface area contributed by atoms with Crippen LogP contribution < -0.4 is 14.4 Å². The molecule has 0 radical (unpaired) electrons. The van der Waals surface area contributed by atoms with E-state index in [1.807, 2.05) is 46.7 Å². The van der Waals surface area contributed by atoms with Gasteiger partial charge in [0.05, 0.1) is 20.8 Å². The van der Waals surface area contributed by atoms with Gasteiger partial charge in [0.2, 0.25) is 0 Å². The molecule has 0 spiro atoms. The minimum Gasteiger partial charge on any atom is -0.497 e. The van der Waals surface area contributed by atoms with Crippen molar-refractivity contribution < 1.29 is 14.3 Å². The number of carbonyl (C=O) groups is 1. The second-order valence-electron chi connectivity index (χ2n) is 10.9. The fourth-order valence-electron chi connectivity index (χ4n) is 5.73. The van der Waals surface area contributed by atoms with Gasteiger partial charge in [0.1, 0.15) is 22.2 Å². The summed E-state index contributed by atoms with van der Waals surface area (Å²) in [4.78, 5) is 28.2. The number of piperazine rings is 1. The first-order valence-corrected chi connectivity index (χ1v) is 16.0. The molecule has 8 nitrogen and oxygen atoms in total. The van der Waals surface area contributed by atoms with Crippen LogP contribution in [0.15, 0.2) is 78.3 Å². The average Bonchev–Trinajstić information content (AvgIpc) is 3.70. The quantitative estimate of drug-likeness (QED) is 0.180. The van der Waals surface area contributed by atoms with Gasteiger partial charge in [0.25, 0.3) is 5.91 Å². The molecule has 1 aliphatic rings. The number of amides is 1. The summed E-state index contributed by atoms with van der Waals surface area (Å²) in [5.74, 6) is 1.53. The summed E-state index contributed by atoms with van der Waals surface area (Å²) >= 11 is 7.73. The first kappa shape index (κ1) is 30.0. The minimum atomic E-state index is -0.0135. The Kier molecular flexibility index (Phi) is 9.35. The number of aromatic amines is 1. The van der Waals surface area contributed by atoms with Crippen LogP contribution >= 0.6 is 22.9 Å². The molecule has 2 aromatic heterocycles. The van der Waals surface area contributed by atoms with Gasteiger partial charge in [-0.3, -0.25) is 9.69 Å². The van der Waals surface area contributed by atoms with E-state index in [2.05, 4.69) is 51.3 Å². The van der Waals surface area contributed by atoms with Gasteiger partial charge in [0.15, 0.2) is 0 Å². The molecule has 1 fully saturated rings. The molecule has 10 heteroatoms. The summed E-state index contributed by atoms with van der Waals surface area (Å²) in [5, 5.41) is 4.77. The van der Waals surface area contributed by atoms with Gasteiger partial charge in [-0.1, -0.05) is 41.9 Å². The van der Waals surface area contributed by atoms with Crippen molar-refractivity contribution in [2.75, 3.05) is 51.8 Å². The molecular weight excluding hydrogens is 594 g/mol. The molecule has 0 unspecified atom stereocenters. The predicted molar refractivity (Wildman–Crippen MR) is 177 cm³/mol. The van der Waals surface area contributed by atoms with Crippen LogP contribution in [0.4, 0.5) is 5.69 Å². The molecule has 1 amide bonds. The molecule has 1 N–H and O–H groups in total. The lowest BCUT2D eigenvalue weighted by Gasteiger charge is -2.35. The zero-order chi connectivity index (χ0) is 30.5. The number of methoxy groups -OCH3 is 2. The molecule has 3 aromatic carbocycles. The topological polar surface area (TPSA) is 73.9 Å². The Morgan fingerprint density at radius 1 is 0.977 bits per heavy atom. The van der Waals surface area contributed by atoms with Crippen LogP contribution in [0, 0.1) is 0 Å². The summed E-state index contributed by atoms with van der Waals surface area (Å²) in [6.45, 7) is 4.91. The summed E-state index contributed by atoms with van der Waals surface area (Å²) in [6.07, 6.45) is 2.97. The monoisotopic (exact) mass is 629 g/mol. The van der Waals surface area contributed by atoms with Crippen LogP contribution in [-0.4, -0.2) is 72.6 Å². The number of hydrogen-bond acceptors (Lipinski definition) is 7. The molecule has 1 saturated heterocycles. The lowest BCUT2D eigenvalue weighted by molar-refractivity contribution is 0.0741. The largest absolute Gasteiger partial charge is 0.497 e. The van der Waals surface area contributed by atoms with Gasteiger partial charge in [0, 0.05) is 84.1 Å². The fourth-order valence-corrected chi connectivity index (χ4v) is 6.72. The average molecular weight is 630 g/mol. The van der Waals surface area contributed by atoms with E-state index in [1.54, 1.807) is 14.2 Å². The van der Waals surface area contributed by atoms with E-state index in [0.717, 1.165) is 64.4 Å². The molecule has 3 heterocycles. The van der Waals surface area contributed by atoms with E-state index < -0.39 is 0 Å². The normalized spacial score (nSPS) is 13.5. The van der Waals surface area contributed by atoms with Crippen LogP contribution in [0.25, 0.3) is 10.9 Å². The maximum absolute atomic E-state index is 13.4. The Balaban J connectivity index is 1.14. The number of nitrogens with zero attached hydrogens (tertiary/aromatic N) is 4. The third-order valence-electron chi connectivity index (χ3n) is 8.13. The Labute approximate surface area is 266 Å². The Hall–Kier alpha value is -4.05.